The van der Waals surface area contributed by atoms with E-state index in [4.69, 9.17) is 0 Å². The molecule has 0 saturated carbocycles. The molecule has 0 saturated heterocycles. The zero-order valence-corrected chi connectivity index (χ0v) is 14.8. The molecule has 1 heterocycles. The highest BCUT2D eigenvalue weighted by Gasteiger charge is 2.19. The fourth-order valence-electron chi connectivity index (χ4n) is 2.03. The number of hydrogen-bond donors (Lipinski definition) is 1. The lowest BCUT2D eigenvalue weighted by Crippen LogP contribution is -2.23. The SMILES string of the molecule is C=CCn1c(C)nnc1S[C@H](C)C(=O)Nc1ccc(C(C)=O)cc1. The molecule has 0 unspecified atom stereocenters. The molecule has 1 amide bonds. The summed E-state index contributed by atoms with van der Waals surface area (Å²) in [6, 6.07) is 6.83. The summed E-state index contributed by atoms with van der Waals surface area (Å²) >= 11 is 1.34. The van der Waals surface area contributed by atoms with Gasteiger partial charge in [0.25, 0.3) is 0 Å². The Morgan fingerprint density at radius 2 is 2.00 bits per heavy atom. The molecule has 1 aromatic heterocycles. The van der Waals surface area contributed by atoms with Gasteiger partial charge in [-0.3, -0.25) is 9.59 Å². The largest absolute Gasteiger partial charge is 0.325 e. The van der Waals surface area contributed by atoms with Crippen LogP contribution in [0.1, 0.15) is 30.0 Å². The van der Waals surface area contributed by atoms with Crippen molar-refractivity contribution in [3.8, 4) is 0 Å². The van der Waals surface area contributed by atoms with E-state index in [1.54, 1.807) is 30.3 Å². The molecule has 0 radical (unpaired) electrons. The lowest BCUT2D eigenvalue weighted by molar-refractivity contribution is -0.115. The fraction of sp³-hybridized carbons (Fsp3) is 0.294. The van der Waals surface area contributed by atoms with Crippen molar-refractivity contribution in [1.82, 2.24) is 14.8 Å². The number of anilines is 1. The number of amides is 1. The highest BCUT2D eigenvalue weighted by Crippen LogP contribution is 2.23. The number of aryl methyl sites for hydroxylation is 1. The average molecular weight is 344 g/mol. The lowest BCUT2D eigenvalue weighted by atomic mass is 10.1. The third-order valence-electron chi connectivity index (χ3n) is 3.42. The molecule has 1 N–H and O–H groups in total. The van der Waals surface area contributed by atoms with Gasteiger partial charge in [-0.15, -0.1) is 16.8 Å². The second kappa shape index (κ2) is 7.92. The van der Waals surface area contributed by atoms with Crippen LogP contribution in [0.15, 0.2) is 42.1 Å². The second-order valence-corrected chi connectivity index (χ2v) is 6.62. The van der Waals surface area contributed by atoms with Gasteiger partial charge in [-0.05, 0) is 45.0 Å². The number of benzene rings is 1. The summed E-state index contributed by atoms with van der Waals surface area (Å²) in [5.41, 5.74) is 1.27. The molecule has 0 spiro atoms. The van der Waals surface area contributed by atoms with Gasteiger partial charge in [0.15, 0.2) is 10.9 Å². The molecule has 7 heteroatoms. The maximum absolute atomic E-state index is 12.3. The Labute approximate surface area is 145 Å². The van der Waals surface area contributed by atoms with Crippen molar-refractivity contribution in [2.24, 2.45) is 0 Å². The number of hydrogen-bond acceptors (Lipinski definition) is 5. The van der Waals surface area contributed by atoms with Gasteiger partial charge in [-0.1, -0.05) is 17.8 Å². The van der Waals surface area contributed by atoms with Crippen LogP contribution in [-0.2, 0) is 11.3 Å². The van der Waals surface area contributed by atoms with E-state index < -0.39 is 0 Å². The minimum absolute atomic E-state index is 0.00581. The molecule has 0 fully saturated rings. The first-order chi connectivity index (χ1) is 11.4. The zero-order chi connectivity index (χ0) is 17.7. The van der Waals surface area contributed by atoms with E-state index in [0.717, 1.165) is 5.82 Å². The molecule has 0 aliphatic carbocycles. The average Bonchev–Trinajstić information content (AvgIpc) is 2.89. The van der Waals surface area contributed by atoms with Gasteiger partial charge >= 0.3 is 0 Å². The monoisotopic (exact) mass is 344 g/mol. The number of nitrogens with zero attached hydrogens (tertiary/aromatic N) is 3. The molecule has 2 rings (SSSR count). The Morgan fingerprint density at radius 1 is 1.33 bits per heavy atom. The van der Waals surface area contributed by atoms with Crippen LogP contribution < -0.4 is 5.32 Å². The molecule has 0 aliphatic heterocycles. The molecule has 126 valence electrons. The topological polar surface area (TPSA) is 76.9 Å². The molecule has 1 aromatic carbocycles. The molecular formula is C17H20N4O2S. The van der Waals surface area contributed by atoms with Crippen LogP contribution in [0.3, 0.4) is 0 Å². The summed E-state index contributed by atoms with van der Waals surface area (Å²) in [7, 11) is 0. The van der Waals surface area contributed by atoms with Crippen LogP contribution in [0.5, 0.6) is 0 Å². The molecular weight excluding hydrogens is 324 g/mol. The number of aromatic nitrogens is 3. The maximum atomic E-state index is 12.3. The van der Waals surface area contributed by atoms with Crippen molar-refractivity contribution in [2.45, 2.75) is 37.7 Å². The van der Waals surface area contributed by atoms with Gasteiger partial charge in [-0.2, -0.15) is 0 Å². The van der Waals surface area contributed by atoms with Crippen molar-refractivity contribution in [2.75, 3.05) is 5.32 Å². The first-order valence-electron chi connectivity index (χ1n) is 7.51. The third kappa shape index (κ3) is 4.32. The van der Waals surface area contributed by atoms with E-state index >= 15 is 0 Å². The minimum atomic E-state index is -0.343. The van der Waals surface area contributed by atoms with Gasteiger partial charge in [-0.25, -0.2) is 0 Å². The molecule has 6 nitrogen and oxygen atoms in total. The fourth-order valence-corrected chi connectivity index (χ4v) is 2.94. The number of ketones is 1. The highest BCUT2D eigenvalue weighted by molar-refractivity contribution is 8.00. The molecule has 2 aromatic rings. The molecule has 24 heavy (non-hydrogen) atoms. The number of thioether (sulfide) groups is 1. The van der Waals surface area contributed by atoms with Gasteiger partial charge in [0.2, 0.25) is 5.91 Å². The highest BCUT2D eigenvalue weighted by atomic mass is 32.2. The summed E-state index contributed by atoms with van der Waals surface area (Å²) in [6.45, 7) is 9.50. The number of nitrogens with one attached hydrogen (secondary N) is 1. The number of Topliss-reactive ketones (excluding diaryl/α,β-unsaturated/α-hetero) is 1. The normalized spacial score (nSPS) is 11.8. The van der Waals surface area contributed by atoms with Crippen LogP contribution in [0.2, 0.25) is 0 Å². The van der Waals surface area contributed by atoms with Crippen LogP contribution in [0.4, 0.5) is 5.69 Å². The second-order valence-electron chi connectivity index (χ2n) is 5.31. The Hall–Kier alpha value is -2.41. The van der Waals surface area contributed by atoms with E-state index in [-0.39, 0.29) is 16.9 Å². The van der Waals surface area contributed by atoms with Crippen LogP contribution in [0, 0.1) is 6.92 Å². The Kier molecular flexibility index (Phi) is 5.92. The quantitative estimate of drug-likeness (QED) is 0.474. The van der Waals surface area contributed by atoms with E-state index in [1.807, 2.05) is 18.4 Å². The number of allylic oxidation sites excluding steroid dienone is 1. The van der Waals surface area contributed by atoms with Gasteiger partial charge in [0.1, 0.15) is 5.82 Å². The van der Waals surface area contributed by atoms with Crippen molar-refractivity contribution in [3.63, 3.8) is 0 Å². The van der Waals surface area contributed by atoms with E-state index in [9.17, 15) is 9.59 Å². The Balaban J connectivity index is 2.02. The van der Waals surface area contributed by atoms with Crippen molar-refractivity contribution in [1.29, 1.82) is 0 Å². The first kappa shape index (κ1) is 17.9. The molecule has 1 atom stereocenters. The van der Waals surface area contributed by atoms with Crippen LogP contribution in [0.25, 0.3) is 0 Å². The number of carbonyl (C=O) groups is 2. The van der Waals surface area contributed by atoms with E-state index in [0.29, 0.717) is 23.0 Å². The third-order valence-corrected chi connectivity index (χ3v) is 4.50. The number of rotatable bonds is 7. The summed E-state index contributed by atoms with van der Waals surface area (Å²) < 4.78 is 1.91. The first-order valence-corrected chi connectivity index (χ1v) is 8.39. The zero-order valence-electron chi connectivity index (χ0n) is 13.9. The summed E-state index contributed by atoms with van der Waals surface area (Å²) in [5, 5.41) is 11.3. The van der Waals surface area contributed by atoms with E-state index in [1.165, 1.54) is 18.7 Å². The molecule has 0 bridgehead atoms. The van der Waals surface area contributed by atoms with Gasteiger partial charge < -0.3 is 9.88 Å². The van der Waals surface area contributed by atoms with Gasteiger partial charge in [0, 0.05) is 17.8 Å². The van der Waals surface area contributed by atoms with Crippen molar-refractivity contribution < 1.29 is 9.59 Å². The van der Waals surface area contributed by atoms with Crippen molar-refractivity contribution >= 4 is 29.1 Å². The molecule has 0 aliphatic rings. The standard InChI is InChI=1S/C17H20N4O2S/c1-5-10-21-13(4)19-20-17(21)24-12(3)16(23)18-15-8-6-14(7-9-15)11(2)22/h5-9,12H,1,10H2,2-4H3,(H,18,23)/t12-/m1/s1. The maximum Gasteiger partial charge on any atom is 0.237 e. The number of carbonyl (C=O) groups excluding carboxylic acids is 2. The van der Waals surface area contributed by atoms with Crippen LogP contribution in [-0.4, -0.2) is 31.7 Å². The lowest BCUT2D eigenvalue weighted by Gasteiger charge is -2.12. The predicted octanol–water partition coefficient (Wildman–Crippen LogP) is 3.09. The minimum Gasteiger partial charge on any atom is -0.325 e. The van der Waals surface area contributed by atoms with E-state index in [2.05, 4.69) is 22.1 Å². The predicted molar refractivity (Wildman–Crippen MR) is 95.4 cm³/mol. The summed E-state index contributed by atoms with van der Waals surface area (Å²) in [5.74, 6) is 0.639. The van der Waals surface area contributed by atoms with Crippen molar-refractivity contribution in [3.05, 3.63) is 48.3 Å². The summed E-state index contributed by atoms with van der Waals surface area (Å²) in [6.07, 6.45) is 1.77. The smallest absolute Gasteiger partial charge is 0.237 e. The summed E-state index contributed by atoms with van der Waals surface area (Å²) in [4.78, 5) is 23.6. The van der Waals surface area contributed by atoms with Crippen LogP contribution >= 0.6 is 11.8 Å². The Bertz CT molecular complexity index is 752. The Morgan fingerprint density at radius 3 is 2.58 bits per heavy atom. The van der Waals surface area contributed by atoms with Gasteiger partial charge in [0.05, 0.1) is 5.25 Å².